The van der Waals surface area contributed by atoms with Gasteiger partial charge in [0.1, 0.15) is 22.8 Å². The average molecular weight is 435 g/mol. The standard InChI is InChI=1S/C26H30N2O4/c1-30-20-8-6-19(7-9-20)28-14-12-18(13-15-28)27-26(29)17-31-21-10-11-25-23(16-21)22-4-2-3-5-24(22)32-25/h6-11,16,18H,2-5,12-15,17H2,1H3,(H,27,29). The van der Waals surface area contributed by atoms with Crippen molar-refractivity contribution in [2.24, 2.45) is 0 Å². The Morgan fingerprint density at radius 2 is 1.81 bits per heavy atom. The number of hydrogen-bond donors (Lipinski definition) is 1. The van der Waals surface area contributed by atoms with Crippen LogP contribution in [0.3, 0.4) is 0 Å². The Morgan fingerprint density at radius 1 is 1.06 bits per heavy atom. The molecule has 3 aromatic rings. The van der Waals surface area contributed by atoms with Crippen molar-refractivity contribution in [3.05, 3.63) is 53.8 Å². The molecule has 1 aromatic heterocycles. The minimum atomic E-state index is -0.0674. The van der Waals surface area contributed by atoms with Crippen LogP contribution >= 0.6 is 0 Å². The average Bonchev–Trinajstić information content (AvgIpc) is 3.21. The normalized spacial score (nSPS) is 16.6. The molecule has 0 unspecified atom stereocenters. The molecule has 0 bridgehead atoms. The van der Waals surface area contributed by atoms with E-state index in [1.165, 1.54) is 24.1 Å². The minimum Gasteiger partial charge on any atom is -0.497 e. The summed E-state index contributed by atoms with van der Waals surface area (Å²) in [5.41, 5.74) is 3.41. The number of anilines is 1. The second-order valence-corrected chi connectivity index (χ2v) is 8.68. The van der Waals surface area contributed by atoms with Crippen LogP contribution in [0.25, 0.3) is 11.0 Å². The van der Waals surface area contributed by atoms with Gasteiger partial charge in [-0.1, -0.05) is 0 Å². The highest BCUT2D eigenvalue weighted by atomic mass is 16.5. The molecule has 1 aliphatic carbocycles. The van der Waals surface area contributed by atoms with Crippen molar-refractivity contribution in [1.82, 2.24) is 5.32 Å². The maximum absolute atomic E-state index is 12.5. The number of methoxy groups -OCH3 is 1. The van der Waals surface area contributed by atoms with E-state index in [4.69, 9.17) is 13.9 Å². The Balaban J connectivity index is 1.11. The summed E-state index contributed by atoms with van der Waals surface area (Å²) in [5, 5.41) is 4.26. The SMILES string of the molecule is COc1ccc(N2CCC(NC(=O)COc3ccc4oc5c(c4c3)CCCC5)CC2)cc1. The van der Waals surface area contributed by atoms with Crippen molar-refractivity contribution in [2.45, 2.75) is 44.6 Å². The predicted octanol–water partition coefficient (Wildman–Crippen LogP) is 4.48. The van der Waals surface area contributed by atoms with E-state index >= 15 is 0 Å². The lowest BCUT2D eigenvalue weighted by atomic mass is 9.96. The molecule has 0 saturated carbocycles. The Morgan fingerprint density at radius 3 is 2.59 bits per heavy atom. The lowest BCUT2D eigenvalue weighted by Crippen LogP contribution is -2.46. The fourth-order valence-electron chi connectivity index (χ4n) is 4.82. The summed E-state index contributed by atoms with van der Waals surface area (Å²) in [6, 6.07) is 14.2. The van der Waals surface area contributed by atoms with Crippen molar-refractivity contribution in [1.29, 1.82) is 0 Å². The molecular weight excluding hydrogens is 404 g/mol. The van der Waals surface area contributed by atoms with Gasteiger partial charge in [-0.2, -0.15) is 0 Å². The summed E-state index contributed by atoms with van der Waals surface area (Å²) in [7, 11) is 1.68. The fraction of sp³-hybridized carbons (Fsp3) is 0.423. The van der Waals surface area contributed by atoms with Gasteiger partial charge >= 0.3 is 0 Å². The summed E-state index contributed by atoms with van der Waals surface area (Å²) in [6.45, 7) is 1.87. The van der Waals surface area contributed by atoms with E-state index in [2.05, 4.69) is 22.3 Å². The van der Waals surface area contributed by atoms with Gasteiger partial charge in [0, 0.05) is 42.2 Å². The third kappa shape index (κ3) is 4.40. The molecule has 5 rings (SSSR count). The zero-order valence-electron chi connectivity index (χ0n) is 18.6. The number of aryl methyl sites for hydroxylation is 2. The first-order valence-electron chi connectivity index (χ1n) is 11.5. The van der Waals surface area contributed by atoms with Crippen LogP contribution in [0.4, 0.5) is 5.69 Å². The van der Waals surface area contributed by atoms with Crippen LogP contribution in [0.15, 0.2) is 46.9 Å². The van der Waals surface area contributed by atoms with Gasteiger partial charge in [-0.15, -0.1) is 0 Å². The Labute approximate surface area is 188 Å². The van der Waals surface area contributed by atoms with Crippen molar-refractivity contribution in [3.8, 4) is 11.5 Å². The summed E-state index contributed by atoms with van der Waals surface area (Å²) >= 11 is 0. The number of nitrogens with zero attached hydrogens (tertiary/aromatic N) is 1. The van der Waals surface area contributed by atoms with Crippen LogP contribution < -0.4 is 19.7 Å². The highest BCUT2D eigenvalue weighted by Crippen LogP contribution is 2.34. The first-order chi connectivity index (χ1) is 15.7. The van der Waals surface area contributed by atoms with E-state index in [1.807, 2.05) is 30.3 Å². The molecule has 168 valence electrons. The number of amides is 1. The van der Waals surface area contributed by atoms with Crippen LogP contribution in [-0.4, -0.2) is 38.8 Å². The molecule has 1 N–H and O–H groups in total. The van der Waals surface area contributed by atoms with Crippen LogP contribution in [0.1, 0.15) is 37.0 Å². The number of piperidine rings is 1. The minimum absolute atomic E-state index is 0.0320. The van der Waals surface area contributed by atoms with Gasteiger partial charge in [0.25, 0.3) is 5.91 Å². The quantitative estimate of drug-likeness (QED) is 0.620. The summed E-state index contributed by atoms with van der Waals surface area (Å²) < 4.78 is 17.0. The largest absolute Gasteiger partial charge is 0.497 e. The zero-order chi connectivity index (χ0) is 21.9. The molecule has 6 heteroatoms. The summed E-state index contributed by atoms with van der Waals surface area (Å²) in [5.74, 6) is 2.63. The molecule has 2 aromatic carbocycles. The van der Waals surface area contributed by atoms with E-state index in [1.54, 1.807) is 7.11 Å². The highest BCUT2D eigenvalue weighted by molar-refractivity contribution is 5.84. The van der Waals surface area contributed by atoms with E-state index in [0.717, 1.165) is 67.0 Å². The highest BCUT2D eigenvalue weighted by Gasteiger charge is 2.22. The van der Waals surface area contributed by atoms with Gasteiger partial charge in [0.05, 0.1) is 7.11 Å². The van der Waals surface area contributed by atoms with Gasteiger partial charge in [-0.25, -0.2) is 0 Å². The number of carbonyl (C=O) groups is 1. The Hall–Kier alpha value is -3.15. The number of rotatable bonds is 6. The third-order valence-electron chi connectivity index (χ3n) is 6.59. The molecule has 2 aliphatic rings. The third-order valence-corrected chi connectivity index (χ3v) is 6.59. The van der Waals surface area contributed by atoms with Crippen molar-refractivity contribution >= 4 is 22.6 Å². The number of nitrogens with one attached hydrogen (secondary N) is 1. The predicted molar refractivity (Wildman–Crippen MR) is 125 cm³/mol. The second kappa shape index (κ2) is 9.15. The number of fused-ring (bicyclic) bond motifs is 3. The summed E-state index contributed by atoms with van der Waals surface area (Å²) in [4.78, 5) is 14.8. The smallest absolute Gasteiger partial charge is 0.258 e. The Bertz CT molecular complexity index is 1080. The number of furan rings is 1. The molecule has 0 radical (unpaired) electrons. The number of hydrogen-bond acceptors (Lipinski definition) is 5. The monoisotopic (exact) mass is 434 g/mol. The lowest BCUT2D eigenvalue weighted by Gasteiger charge is -2.34. The van der Waals surface area contributed by atoms with Crippen LogP contribution in [0.2, 0.25) is 0 Å². The summed E-state index contributed by atoms with van der Waals surface area (Å²) in [6.07, 6.45) is 6.30. The number of benzene rings is 2. The van der Waals surface area contributed by atoms with Gasteiger partial charge in [0.15, 0.2) is 6.61 Å². The van der Waals surface area contributed by atoms with Crippen LogP contribution in [0.5, 0.6) is 11.5 Å². The fourth-order valence-corrected chi connectivity index (χ4v) is 4.82. The van der Waals surface area contributed by atoms with Gasteiger partial charge < -0.3 is 24.1 Å². The topological polar surface area (TPSA) is 63.9 Å². The van der Waals surface area contributed by atoms with E-state index in [-0.39, 0.29) is 18.6 Å². The molecular formula is C26H30N2O4. The first-order valence-corrected chi connectivity index (χ1v) is 11.5. The van der Waals surface area contributed by atoms with E-state index in [9.17, 15) is 4.79 Å². The maximum atomic E-state index is 12.5. The van der Waals surface area contributed by atoms with E-state index < -0.39 is 0 Å². The molecule has 0 spiro atoms. The van der Waals surface area contributed by atoms with Crippen LogP contribution in [-0.2, 0) is 17.6 Å². The van der Waals surface area contributed by atoms with Crippen molar-refractivity contribution in [2.75, 3.05) is 31.7 Å². The molecule has 1 saturated heterocycles. The molecule has 1 amide bonds. The molecule has 32 heavy (non-hydrogen) atoms. The number of ether oxygens (including phenoxy) is 2. The second-order valence-electron chi connectivity index (χ2n) is 8.68. The van der Waals surface area contributed by atoms with Gasteiger partial charge in [0.2, 0.25) is 0 Å². The maximum Gasteiger partial charge on any atom is 0.258 e. The molecule has 2 heterocycles. The van der Waals surface area contributed by atoms with Crippen molar-refractivity contribution < 1.29 is 18.7 Å². The molecule has 6 nitrogen and oxygen atoms in total. The first kappa shape index (κ1) is 20.7. The number of carbonyl (C=O) groups excluding carboxylic acids is 1. The van der Waals surface area contributed by atoms with Crippen LogP contribution in [0, 0.1) is 0 Å². The Kier molecular flexibility index (Phi) is 5.93. The zero-order valence-corrected chi connectivity index (χ0v) is 18.6. The molecule has 1 aliphatic heterocycles. The van der Waals surface area contributed by atoms with Crippen molar-refractivity contribution in [3.63, 3.8) is 0 Å². The molecule has 0 atom stereocenters. The van der Waals surface area contributed by atoms with Gasteiger partial charge in [-0.05, 0) is 74.6 Å². The van der Waals surface area contributed by atoms with E-state index in [0.29, 0.717) is 0 Å². The lowest BCUT2D eigenvalue weighted by molar-refractivity contribution is -0.123. The molecule has 1 fully saturated rings. The van der Waals surface area contributed by atoms with Gasteiger partial charge in [-0.3, -0.25) is 4.79 Å².